The minimum absolute atomic E-state index is 0. The molecule has 0 atom stereocenters. The van der Waals surface area contributed by atoms with E-state index in [1.165, 1.54) is 5.56 Å². The van der Waals surface area contributed by atoms with Crippen molar-refractivity contribution in [2.75, 3.05) is 0 Å². The Morgan fingerprint density at radius 3 is 1.75 bits per heavy atom. The summed E-state index contributed by atoms with van der Waals surface area (Å²) in [6.07, 6.45) is 0. The molecule has 0 N–H and O–H groups in total. The zero-order valence-corrected chi connectivity index (χ0v) is 4.39. The topological polar surface area (TPSA) is 0 Å². The van der Waals surface area contributed by atoms with Crippen molar-refractivity contribution < 1.29 is 0 Å². The second-order valence-corrected chi connectivity index (χ2v) is 1.65. The van der Waals surface area contributed by atoms with Crippen molar-refractivity contribution >= 4 is 29.6 Å². The average Bonchev–Trinajstić information content (AvgIpc) is 1.69. The molecule has 0 nitrogen and oxygen atoms in total. The quantitative estimate of drug-likeness (QED) is 0.449. The van der Waals surface area contributed by atoms with Crippen LogP contribution in [0.4, 0.5) is 0 Å². The van der Waals surface area contributed by atoms with E-state index in [2.05, 4.69) is 19.1 Å². The molecule has 0 saturated heterocycles. The Labute approximate surface area is 72.2 Å². The van der Waals surface area contributed by atoms with Crippen LogP contribution in [0.3, 0.4) is 0 Å². The van der Waals surface area contributed by atoms with Gasteiger partial charge in [-0.25, -0.2) is 0 Å². The molecule has 0 fully saturated rings. The Morgan fingerprint density at radius 1 is 1.00 bits per heavy atom. The zero-order valence-electron chi connectivity index (χ0n) is 4.39. The second kappa shape index (κ2) is 4.13. The van der Waals surface area contributed by atoms with Crippen LogP contribution in [-0.2, 0) is 0 Å². The molecule has 0 aromatic heterocycles. The van der Waals surface area contributed by atoms with E-state index < -0.39 is 0 Å². The van der Waals surface area contributed by atoms with E-state index >= 15 is 0 Å². The van der Waals surface area contributed by atoms with Crippen LogP contribution in [0, 0.1) is 6.92 Å². The first-order valence-corrected chi connectivity index (χ1v) is 2.41. The molecule has 8 heavy (non-hydrogen) atoms. The maximum atomic E-state index is 2.08. The van der Waals surface area contributed by atoms with E-state index in [1.807, 2.05) is 18.2 Å². The Morgan fingerprint density at radius 2 is 1.50 bits per heavy atom. The van der Waals surface area contributed by atoms with E-state index in [4.69, 9.17) is 0 Å². The van der Waals surface area contributed by atoms with Crippen LogP contribution in [0.1, 0.15) is 5.56 Å². The monoisotopic (exact) mass is 116 g/mol. The van der Waals surface area contributed by atoms with Crippen LogP contribution in [0.15, 0.2) is 30.3 Å². The molecule has 0 heterocycles. The summed E-state index contributed by atoms with van der Waals surface area (Å²) in [6, 6.07) is 10.3. The molecule has 1 aromatic rings. The van der Waals surface area contributed by atoms with Gasteiger partial charge in [-0.1, -0.05) is 35.9 Å². The summed E-state index contributed by atoms with van der Waals surface area (Å²) in [5.74, 6) is 0. The first-order valence-electron chi connectivity index (χ1n) is 2.41. The molecule has 0 bridgehead atoms. The molecule has 0 aliphatic heterocycles. The summed E-state index contributed by atoms with van der Waals surface area (Å²) < 4.78 is 0. The molecule has 0 saturated carbocycles. The van der Waals surface area contributed by atoms with E-state index in [1.54, 1.807) is 0 Å². The van der Waals surface area contributed by atoms with Crippen LogP contribution >= 0.6 is 0 Å². The predicted molar refractivity (Wildman–Crippen MR) is 38.3 cm³/mol. The van der Waals surface area contributed by atoms with E-state index in [0.29, 0.717) is 0 Å². The Bertz CT molecular complexity index is 134. The third-order valence-electron chi connectivity index (χ3n) is 0.940. The van der Waals surface area contributed by atoms with Crippen molar-refractivity contribution in [2.24, 2.45) is 0 Å². The molecule has 1 aromatic carbocycles. The van der Waals surface area contributed by atoms with Crippen molar-refractivity contribution in [2.45, 2.75) is 6.92 Å². The predicted octanol–water partition coefficient (Wildman–Crippen LogP) is 1.35. The SMILES string of the molecule is Cc1ccccc1.[NaH]. The number of aryl methyl sites for hydroxylation is 1. The summed E-state index contributed by atoms with van der Waals surface area (Å²) in [5, 5.41) is 0. The summed E-state index contributed by atoms with van der Waals surface area (Å²) in [4.78, 5) is 0. The third kappa shape index (κ3) is 2.51. The fraction of sp³-hybridized carbons (Fsp3) is 0.143. The van der Waals surface area contributed by atoms with E-state index in [9.17, 15) is 0 Å². The van der Waals surface area contributed by atoms with Crippen LogP contribution in [0.2, 0.25) is 0 Å². The van der Waals surface area contributed by atoms with Gasteiger partial charge in [-0.3, -0.25) is 0 Å². The van der Waals surface area contributed by atoms with Crippen molar-refractivity contribution in [3.05, 3.63) is 35.9 Å². The van der Waals surface area contributed by atoms with Gasteiger partial charge >= 0.3 is 29.6 Å². The zero-order chi connectivity index (χ0) is 5.11. The van der Waals surface area contributed by atoms with Gasteiger partial charge in [0.2, 0.25) is 0 Å². The van der Waals surface area contributed by atoms with E-state index in [-0.39, 0.29) is 29.6 Å². The fourth-order valence-corrected chi connectivity index (χ4v) is 0.534. The molecule has 1 rings (SSSR count). The summed E-state index contributed by atoms with van der Waals surface area (Å²) in [6.45, 7) is 2.08. The number of hydrogen-bond acceptors (Lipinski definition) is 0. The summed E-state index contributed by atoms with van der Waals surface area (Å²) in [5.41, 5.74) is 1.32. The fourth-order valence-electron chi connectivity index (χ4n) is 0.534. The molecule has 0 aliphatic rings. The normalized spacial score (nSPS) is 7.62. The van der Waals surface area contributed by atoms with Crippen molar-refractivity contribution in [3.8, 4) is 0 Å². The van der Waals surface area contributed by atoms with E-state index in [0.717, 1.165) is 0 Å². The maximum absolute atomic E-state index is 2.08. The number of hydrogen-bond donors (Lipinski definition) is 0. The van der Waals surface area contributed by atoms with Crippen molar-refractivity contribution in [1.29, 1.82) is 0 Å². The van der Waals surface area contributed by atoms with Crippen LogP contribution in [0.25, 0.3) is 0 Å². The van der Waals surface area contributed by atoms with Crippen molar-refractivity contribution in [1.82, 2.24) is 0 Å². The first-order chi connectivity index (χ1) is 3.39. The van der Waals surface area contributed by atoms with Gasteiger partial charge in [0.05, 0.1) is 0 Å². The van der Waals surface area contributed by atoms with Crippen molar-refractivity contribution in [3.63, 3.8) is 0 Å². The molecule has 0 aliphatic carbocycles. The van der Waals surface area contributed by atoms with Gasteiger partial charge in [-0.15, -0.1) is 0 Å². The molecule has 1 heteroatoms. The molecule has 0 spiro atoms. The van der Waals surface area contributed by atoms with Crippen LogP contribution in [0.5, 0.6) is 0 Å². The third-order valence-corrected chi connectivity index (χ3v) is 0.940. The van der Waals surface area contributed by atoms with Crippen LogP contribution < -0.4 is 0 Å². The Hall–Kier alpha value is 0.220. The molecular weight excluding hydrogens is 107 g/mol. The van der Waals surface area contributed by atoms with Gasteiger partial charge in [-0.05, 0) is 6.92 Å². The van der Waals surface area contributed by atoms with Gasteiger partial charge in [0.1, 0.15) is 0 Å². The van der Waals surface area contributed by atoms with Gasteiger partial charge in [-0.2, -0.15) is 0 Å². The average molecular weight is 116 g/mol. The number of benzene rings is 1. The molecule has 0 amide bonds. The molecular formula is C7H9Na. The second-order valence-electron chi connectivity index (χ2n) is 1.65. The summed E-state index contributed by atoms with van der Waals surface area (Å²) >= 11 is 0. The Kier molecular flexibility index (Phi) is 4.25. The van der Waals surface area contributed by atoms with Gasteiger partial charge < -0.3 is 0 Å². The van der Waals surface area contributed by atoms with Gasteiger partial charge in [0, 0.05) is 0 Å². The van der Waals surface area contributed by atoms with Crippen LogP contribution in [-0.4, -0.2) is 29.6 Å². The van der Waals surface area contributed by atoms with Gasteiger partial charge in [0.15, 0.2) is 0 Å². The summed E-state index contributed by atoms with van der Waals surface area (Å²) in [7, 11) is 0. The minimum atomic E-state index is 0. The standard InChI is InChI=1S/C7H8.Na.H/c1-7-5-3-2-4-6-7;;/h2-6H,1H3;;. The molecule has 0 unspecified atom stereocenters. The first kappa shape index (κ1) is 8.22. The molecule has 38 valence electrons. The number of rotatable bonds is 0. The Balaban J connectivity index is 0.000000490. The molecule has 0 radical (unpaired) electrons. The van der Waals surface area contributed by atoms with Gasteiger partial charge in [0.25, 0.3) is 0 Å².